The van der Waals surface area contributed by atoms with Gasteiger partial charge in [0.1, 0.15) is 11.6 Å². The fourth-order valence-electron chi connectivity index (χ4n) is 5.35. The number of rotatable bonds is 16. The Kier molecular flexibility index (Phi) is 11.5. The number of amides is 1. The SMILES string of the molecule is CCCN(CCC)Cc1ccc(N(C)C(=O)c2ccc(CN(Cc3nccn3S(C)(=O)=O)Cc3nccn3S(C)(=O)=O)cc2)cc1. The van der Waals surface area contributed by atoms with Crippen molar-refractivity contribution in [2.45, 2.75) is 52.9 Å². The largest absolute Gasteiger partial charge is 0.311 e. The van der Waals surface area contributed by atoms with Crippen LogP contribution in [0.3, 0.4) is 0 Å². The molecule has 0 aliphatic rings. The maximum absolute atomic E-state index is 13.4. The predicted molar refractivity (Wildman–Crippen MR) is 179 cm³/mol. The van der Waals surface area contributed by atoms with Crippen molar-refractivity contribution in [2.75, 3.05) is 37.5 Å². The number of hydrogen-bond donors (Lipinski definition) is 0. The Bertz CT molecular complexity index is 1740. The van der Waals surface area contributed by atoms with Crippen LogP contribution in [-0.2, 0) is 46.2 Å². The van der Waals surface area contributed by atoms with Gasteiger partial charge in [-0.2, -0.15) is 0 Å². The fraction of sp³-hybridized carbons (Fsp3) is 0.406. The highest BCUT2D eigenvalue weighted by Crippen LogP contribution is 2.20. The monoisotopic (exact) mass is 669 g/mol. The minimum Gasteiger partial charge on any atom is -0.311 e. The van der Waals surface area contributed by atoms with Crippen molar-refractivity contribution in [3.63, 3.8) is 0 Å². The van der Waals surface area contributed by atoms with Crippen LogP contribution in [-0.4, -0.2) is 83.1 Å². The van der Waals surface area contributed by atoms with E-state index in [4.69, 9.17) is 0 Å². The Balaban J connectivity index is 1.49. The standard InChI is InChI=1S/C32H43N7O5S2/c1-6-18-36(19-7-2)22-27-10-14-29(15-11-27)35(3)32(40)28-12-8-26(9-13-28)23-37(24-30-33-16-20-38(30)45(4,41)42)25-31-34-17-21-39(31)46(5,43)44/h8-17,20-21H,6-7,18-19,22-25H2,1-5H3. The second-order valence-electron chi connectivity index (χ2n) is 11.5. The third-order valence-electron chi connectivity index (χ3n) is 7.53. The van der Waals surface area contributed by atoms with E-state index in [0.29, 0.717) is 12.1 Å². The zero-order valence-electron chi connectivity index (χ0n) is 27.1. The first-order chi connectivity index (χ1) is 21.8. The van der Waals surface area contributed by atoms with Crippen molar-refractivity contribution >= 4 is 31.6 Å². The lowest BCUT2D eigenvalue weighted by atomic mass is 10.1. The minimum atomic E-state index is -3.59. The number of hydrogen-bond acceptors (Lipinski definition) is 9. The lowest BCUT2D eigenvalue weighted by molar-refractivity contribution is 0.0993. The molecule has 2 aromatic heterocycles. The molecule has 4 rings (SSSR count). The molecule has 0 unspecified atom stereocenters. The van der Waals surface area contributed by atoms with Gasteiger partial charge in [-0.1, -0.05) is 38.1 Å². The normalized spacial score (nSPS) is 12.2. The summed E-state index contributed by atoms with van der Waals surface area (Å²) >= 11 is 0. The van der Waals surface area contributed by atoms with Gasteiger partial charge in [0.15, 0.2) is 0 Å². The van der Waals surface area contributed by atoms with Gasteiger partial charge >= 0.3 is 0 Å². The first-order valence-electron chi connectivity index (χ1n) is 15.2. The highest BCUT2D eigenvalue weighted by Gasteiger charge is 2.21. The summed E-state index contributed by atoms with van der Waals surface area (Å²) in [5, 5.41) is 0. The van der Waals surface area contributed by atoms with E-state index in [0.717, 1.165) is 64.2 Å². The zero-order chi connectivity index (χ0) is 33.5. The summed E-state index contributed by atoms with van der Waals surface area (Å²) in [6.45, 7) is 7.87. The summed E-state index contributed by atoms with van der Waals surface area (Å²) in [7, 11) is -5.44. The number of aromatic nitrogens is 4. The maximum atomic E-state index is 13.4. The Labute approximate surface area is 272 Å². The molecule has 4 aromatic rings. The molecule has 2 aromatic carbocycles. The molecule has 0 saturated heterocycles. The van der Waals surface area contributed by atoms with E-state index in [-0.39, 0.29) is 30.6 Å². The molecule has 46 heavy (non-hydrogen) atoms. The first kappa shape index (κ1) is 35.0. The van der Waals surface area contributed by atoms with E-state index in [1.165, 1.54) is 30.4 Å². The van der Waals surface area contributed by atoms with Crippen LogP contribution in [0.15, 0.2) is 73.3 Å². The molecule has 0 spiro atoms. The van der Waals surface area contributed by atoms with Crippen LogP contribution < -0.4 is 4.90 Å². The van der Waals surface area contributed by atoms with Crippen molar-refractivity contribution < 1.29 is 21.6 Å². The Morgan fingerprint density at radius 1 is 0.674 bits per heavy atom. The van der Waals surface area contributed by atoms with Crippen molar-refractivity contribution in [1.29, 1.82) is 0 Å². The Morgan fingerprint density at radius 3 is 1.54 bits per heavy atom. The third kappa shape index (κ3) is 9.12. The second kappa shape index (κ2) is 15.2. The summed E-state index contributed by atoms with van der Waals surface area (Å²) in [6, 6.07) is 15.2. The van der Waals surface area contributed by atoms with Crippen molar-refractivity contribution in [2.24, 2.45) is 0 Å². The van der Waals surface area contributed by atoms with E-state index in [1.807, 2.05) is 29.2 Å². The van der Waals surface area contributed by atoms with Gasteiger partial charge in [0.25, 0.3) is 5.91 Å². The van der Waals surface area contributed by atoms with Gasteiger partial charge in [-0.05, 0) is 61.3 Å². The summed E-state index contributed by atoms with van der Waals surface area (Å²) in [6.07, 6.45) is 9.96. The Hall–Kier alpha value is -3.85. The van der Waals surface area contributed by atoms with Crippen LogP contribution in [0.1, 0.15) is 59.8 Å². The molecule has 0 N–H and O–H groups in total. The van der Waals surface area contributed by atoms with Gasteiger partial charge in [-0.15, -0.1) is 0 Å². The smallest absolute Gasteiger partial charge is 0.258 e. The van der Waals surface area contributed by atoms with Gasteiger partial charge in [0.2, 0.25) is 20.0 Å². The summed E-state index contributed by atoms with van der Waals surface area (Å²) in [5.74, 6) is 0.408. The van der Waals surface area contributed by atoms with Crippen LogP contribution in [0.2, 0.25) is 0 Å². The van der Waals surface area contributed by atoms with Crippen LogP contribution in [0.4, 0.5) is 5.69 Å². The molecule has 12 nitrogen and oxygen atoms in total. The molecule has 14 heteroatoms. The molecule has 0 aliphatic carbocycles. The van der Waals surface area contributed by atoms with E-state index < -0.39 is 20.0 Å². The zero-order valence-corrected chi connectivity index (χ0v) is 28.7. The molecule has 0 radical (unpaired) electrons. The van der Waals surface area contributed by atoms with Crippen molar-refractivity contribution in [1.82, 2.24) is 27.7 Å². The summed E-state index contributed by atoms with van der Waals surface area (Å²) in [5.41, 5.74) is 3.35. The first-order valence-corrected chi connectivity index (χ1v) is 18.9. The molecule has 0 atom stereocenters. The van der Waals surface area contributed by atoms with Gasteiger partial charge in [-0.3, -0.25) is 14.6 Å². The Morgan fingerprint density at radius 2 is 1.11 bits per heavy atom. The number of carbonyl (C=O) groups excluding carboxylic acids is 1. The van der Waals surface area contributed by atoms with Gasteiger partial charge in [0.05, 0.1) is 25.6 Å². The number of nitrogens with zero attached hydrogens (tertiary/aromatic N) is 7. The minimum absolute atomic E-state index is 0.102. The lowest BCUT2D eigenvalue weighted by Gasteiger charge is -2.23. The van der Waals surface area contributed by atoms with E-state index in [2.05, 4.69) is 40.8 Å². The molecule has 0 aliphatic heterocycles. The topological polar surface area (TPSA) is 131 Å². The van der Waals surface area contributed by atoms with E-state index >= 15 is 0 Å². The van der Waals surface area contributed by atoms with Crippen LogP contribution >= 0.6 is 0 Å². The predicted octanol–water partition coefficient (Wildman–Crippen LogP) is 3.80. The molecular formula is C32H43N7O5S2. The molecular weight excluding hydrogens is 627 g/mol. The maximum Gasteiger partial charge on any atom is 0.258 e. The highest BCUT2D eigenvalue weighted by molar-refractivity contribution is 7.89. The van der Waals surface area contributed by atoms with Gasteiger partial charge < -0.3 is 4.90 Å². The summed E-state index contributed by atoms with van der Waals surface area (Å²) < 4.78 is 51.4. The van der Waals surface area contributed by atoms with Crippen molar-refractivity contribution in [3.05, 3.63) is 102 Å². The second-order valence-corrected chi connectivity index (χ2v) is 15.2. The molecule has 2 heterocycles. The van der Waals surface area contributed by atoms with E-state index in [9.17, 15) is 21.6 Å². The van der Waals surface area contributed by atoms with Crippen LogP contribution in [0.5, 0.6) is 0 Å². The quantitative estimate of drug-likeness (QED) is 0.175. The molecule has 1 amide bonds. The molecule has 248 valence electrons. The van der Waals surface area contributed by atoms with Gasteiger partial charge in [0, 0.05) is 56.2 Å². The average molecular weight is 670 g/mol. The molecule has 0 fully saturated rings. The number of carbonyl (C=O) groups is 1. The lowest BCUT2D eigenvalue weighted by Crippen LogP contribution is -2.28. The van der Waals surface area contributed by atoms with Crippen LogP contribution in [0.25, 0.3) is 0 Å². The highest BCUT2D eigenvalue weighted by atomic mass is 32.2. The van der Waals surface area contributed by atoms with Crippen molar-refractivity contribution in [3.8, 4) is 0 Å². The fourth-order valence-corrected chi connectivity index (χ4v) is 6.87. The number of benzene rings is 2. The molecule has 0 saturated carbocycles. The molecule has 0 bridgehead atoms. The summed E-state index contributed by atoms with van der Waals surface area (Å²) in [4.78, 5) is 27.7. The van der Waals surface area contributed by atoms with Crippen LogP contribution in [0, 0.1) is 0 Å². The number of imidazole rings is 2. The average Bonchev–Trinajstić information content (AvgIpc) is 3.67. The van der Waals surface area contributed by atoms with Gasteiger partial charge in [-0.25, -0.2) is 34.7 Å². The third-order valence-corrected chi connectivity index (χ3v) is 9.62. The van der Waals surface area contributed by atoms with E-state index in [1.54, 1.807) is 24.1 Å². The number of anilines is 1.